The molecule has 0 aliphatic carbocycles. The second-order valence-electron chi connectivity index (χ2n) is 9.48. The molecule has 0 radical (unpaired) electrons. The third-order valence-corrected chi connectivity index (χ3v) is 8.03. The van der Waals surface area contributed by atoms with Crippen LogP contribution in [0, 0.1) is 18.3 Å². The van der Waals surface area contributed by atoms with E-state index in [-0.39, 0.29) is 19.2 Å². The number of nitrogens with one attached hydrogen (secondary N) is 2. The predicted molar refractivity (Wildman–Crippen MR) is 157 cm³/mol. The van der Waals surface area contributed by atoms with Crippen LogP contribution < -0.4 is 24.8 Å². The van der Waals surface area contributed by atoms with Crippen molar-refractivity contribution in [2.24, 2.45) is 0 Å². The molecule has 0 fully saturated rings. The Hall–Kier alpha value is -4.62. The molecule has 210 valence electrons. The minimum Gasteiger partial charge on any atom is -0.497 e. The van der Waals surface area contributed by atoms with E-state index in [1.807, 2.05) is 79.7 Å². The summed E-state index contributed by atoms with van der Waals surface area (Å²) in [5.74, 6) is 2.23. The molecule has 0 spiro atoms. The summed E-state index contributed by atoms with van der Waals surface area (Å²) in [6.45, 7) is 2.36. The monoisotopic (exact) mass is 570 g/mol. The molecule has 0 saturated carbocycles. The van der Waals surface area contributed by atoms with E-state index >= 15 is 0 Å². The van der Waals surface area contributed by atoms with Crippen molar-refractivity contribution in [3.8, 4) is 23.3 Å². The molecule has 41 heavy (non-hydrogen) atoms. The highest BCUT2D eigenvalue weighted by atomic mass is 32.2. The average Bonchev–Trinajstić information content (AvgIpc) is 3.58. The molecule has 2 heterocycles. The molecule has 10 heteroatoms. The zero-order valence-corrected chi connectivity index (χ0v) is 23.6. The van der Waals surface area contributed by atoms with Gasteiger partial charge in [-0.05, 0) is 36.8 Å². The average molecular weight is 571 g/mol. The summed E-state index contributed by atoms with van der Waals surface area (Å²) in [5.41, 5.74) is 4.07. The van der Waals surface area contributed by atoms with Crippen molar-refractivity contribution < 1.29 is 23.8 Å². The number of nitrogens with zero attached hydrogens (tertiary/aromatic N) is 2. The van der Waals surface area contributed by atoms with Crippen molar-refractivity contribution >= 4 is 34.5 Å². The smallest absolute Gasteiger partial charge is 0.254 e. The highest BCUT2D eigenvalue weighted by Crippen LogP contribution is 2.37. The molecule has 1 aromatic heterocycles. The highest BCUT2D eigenvalue weighted by molar-refractivity contribution is 7.98. The molecule has 0 bridgehead atoms. The lowest BCUT2D eigenvalue weighted by Gasteiger charge is -2.18. The number of rotatable bonds is 11. The Labute approximate surface area is 242 Å². The van der Waals surface area contributed by atoms with Gasteiger partial charge in [-0.15, -0.1) is 0 Å². The number of ether oxygens (including phenoxy) is 3. The van der Waals surface area contributed by atoms with Gasteiger partial charge in [0.05, 0.1) is 25.3 Å². The standard InChI is InChI=1S/C31H30N4O5S/c1-20-28(31(37)34-25(30(36)33-14-13-32)18-41-17-21-7-4-3-5-8-21)24-15-23(38-2)11-12-26(24)35(20)16-22-9-6-10-27-29(22)40-19-39-27/h3-12,15,25H,14,16-19H2,1-2H3,(H,33,36)(H,34,37). The first-order valence-corrected chi connectivity index (χ1v) is 14.3. The largest absolute Gasteiger partial charge is 0.497 e. The van der Waals surface area contributed by atoms with Gasteiger partial charge in [0.1, 0.15) is 18.3 Å². The van der Waals surface area contributed by atoms with Crippen molar-refractivity contribution in [2.75, 3.05) is 26.2 Å². The van der Waals surface area contributed by atoms with Crippen molar-refractivity contribution in [2.45, 2.75) is 25.3 Å². The van der Waals surface area contributed by atoms with Gasteiger partial charge in [-0.1, -0.05) is 42.5 Å². The first-order valence-electron chi connectivity index (χ1n) is 13.1. The second kappa shape index (κ2) is 12.7. The molecule has 2 amide bonds. The Morgan fingerprint density at radius 3 is 2.73 bits per heavy atom. The van der Waals surface area contributed by atoms with Gasteiger partial charge in [-0.2, -0.15) is 17.0 Å². The summed E-state index contributed by atoms with van der Waals surface area (Å²) in [4.78, 5) is 26.9. The molecule has 1 atom stereocenters. The quantitative estimate of drug-likeness (QED) is 0.257. The van der Waals surface area contributed by atoms with Crippen LogP contribution in [0.5, 0.6) is 17.2 Å². The maximum absolute atomic E-state index is 13.9. The molecular formula is C31H30N4O5S. The Bertz CT molecular complexity index is 1610. The van der Waals surface area contributed by atoms with Crippen molar-refractivity contribution in [3.05, 3.63) is 89.1 Å². The summed E-state index contributed by atoms with van der Waals surface area (Å²) in [7, 11) is 1.58. The Morgan fingerprint density at radius 2 is 1.95 bits per heavy atom. The lowest BCUT2D eigenvalue weighted by atomic mass is 10.1. The molecule has 2 N–H and O–H groups in total. The number of nitriles is 1. The minimum atomic E-state index is -0.837. The van der Waals surface area contributed by atoms with E-state index in [1.165, 1.54) is 11.8 Å². The van der Waals surface area contributed by atoms with Crippen molar-refractivity contribution in [3.63, 3.8) is 0 Å². The number of carbonyl (C=O) groups is 2. The van der Waals surface area contributed by atoms with Gasteiger partial charge in [0, 0.05) is 33.7 Å². The molecule has 1 unspecified atom stereocenters. The number of thioether (sulfide) groups is 1. The van der Waals surface area contributed by atoms with Gasteiger partial charge in [0.2, 0.25) is 12.7 Å². The van der Waals surface area contributed by atoms with Crippen LogP contribution in [0.15, 0.2) is 66.7 Å². The molecule has 0 saturated heterocycles. The maximum Gasteiger partial charge on any atom is 0.254 e. The first kappa shape index (κ1) is 27.9. The minimum absolute atomic E-state index is 0.142. The van der Waals surface area contributed by atoms with Gasteiger partial charge < -0.3 is 29.4 Å². The predicted octanol–water partition coefficient (Wildman–Crippen LogP) is 4.41. The normalized spacial score (nSPS) is 12.5. The van der Waals surface area contributed by atoms with E-state index in [0.29, 0.717) is 46.2 Å². The lowest BCUT2D eigenvalue weighted by molar-refractivity contribution is -0.122. The highest BCUT2D eigenvalue weighted by Gasteiger charge is 2.27. The number of methoxy groups -OCH3 is 1. The number of aromatic nitrogens is 1. The van der Waals surface area contributed by atoms with Crippen LogP contribution in [0.2, 0.25) is 0 Å². The summed E-state index contributed by atoms with van der Waals surface area (Å²) >= 11 is 1.54. The van der Waals surface area contributed by atoms with Crippen LogP contribution in [0.4, 0.5) is 0 Å². The molecule has 1 aliphatic heterocycles. The lowest BCUT2D eigenvalue weighted by Crippen LogP contribution is -2.48. The maximum atomic E-state index is 13.9. The summed E-state index contributed by atoms with van der Waals surface area (Å²) in [6, 6.07) is 22.4. The van der Waals surface area contributed by atoms with Crippen LogP contribution in [0.25, 0.3) is 10.9 Å². The summed E-state index contributed by atoms with van der Waals surface area (Å²) < 4.78 is 18.8. The Kier molecular flexibility index (Phi) is 8.65. The third kappa shape index (κ3) is 6.10. The summed E-state index contributed by atoms with van der Waals surface area (Å²) in [6.07, 6.45) is 0. The number of hydrogen-bond donors (Lipinski definition) is 2. The van der Waals surface area contributed by atoms with E-state index in [4.69, 9.17) is 19.5 Å². The zero-order valence-electron chi connectivity index (χ0n) is 22.8. The van der Waals surface area contributed by atoms with Gasteiger partial charge in [-0.25, -0.2) is 0 Å². The van der Waals surface area contributed by atoms with Crippen LogP contribution >= 0.6 is 11.8 Å². The first-order chi connectivity index (χ1) is 20.0. The van der Waals surface area contributed by atoms with E-state index < -0.39 is 11.9 Å². The van der Waals surface area contributed by atoms with Crippen LogP contribution in [-0.4, -0.2) is 48.6 Å². The van der Waals surface area contributed by atoms with Crippen molar-refractivity contribution in [1.82, 2.24) is 15.2 Å². The van der Waals surface area contributed by atoms with Crippen LogP contribution in [0.3, 0.4) is 0 Å². The third-order valence-electron chi connectivity index (χ3n) is 6.92. The fraction of sp³-hybridized carbons (Fsp3) is 0.258. The fourth-order valence-electron chi connectivity index (χ4n) is 4.90. The number of para-hydroxylation sites is 1. The Morgan fingerprint density at radius 1 is 1.12 bits per heavy atom. The Balaban J connectivity index is 1.45. The second-order valence-corrected chi connectivity index (χ2v) is 10.5. The van der Waals surface area contributed by atoms with Gasteiger partial charge in [-0.3, -0.25) is 9.59 Å². The SMILES string of the molecule is COc1ccc2c(c1)c(C(=O)NC(CSCc1ccccc1)C(=O)NCC#N)c(C)n2Cc1cccc2c1OCO2. The molecule has 5 rings (SSSR count). The van der Waals surface area contributed by atoms with Crippen LogP contribution in [-0.2, 0) is 17.1 Å². The van der Waals surface area contributed by atoms with Crippen LogP contribution in [0.1, 0.15) is 27.2 Å². The van der Waals surface area contributed by atoms with E-state index in [0.717, 1.165) is 22.3 Å². The molecule has 4 aromatic rings. The number of fused-ring (bicyclic) bond motifs is 2. The zero-order chi connectivity index (χ0) is 28.8. The van der Waals surface area contributed by atoms with Gasteiger partial charge in [0.25, 0.3) is 5.91 Å². The van der Waals surface area contributed by atoms with Crippen molar-refractivity contribution in [1.29, 1.82) is 5.26 Å². The van der Waals surface area contributed by atoms with Gasteiger partial charge in [0.15, 0.2) is 11.5 Å². The fourth-order valence-corrected chi connectivity index (χ4v) is 5.91. The topological polar surface area (TPSA) is 115 Å². The number of amides is 2. The number of benzene rings is 3. The molecule has 9 nitrogen and oxygen atoms in total. The van der Waals surface area contributed by atoms with E-state index in [1.54, 1.807) is 7.11 Å². The molecule has 1 aliphatic rings. The number of carbonyl (C=O) groups excluding carboxylic acids is 2. The summed E-state index contributed by atoms with van der Waals surface area (Å²) in [5, 5.41) is 15.2. The van der Waals surface area contributed by atoms with E-state index in [9.17, 15) is 9.59 Å². The number of hydrogen-bond acceptors (Lipinski definition) is 7. The van der Waals surface area contributed by atoms with Gasteiger partial charge >= 0.3 is 0 Å². The molecule has 3 aromatic carbocycles. The van der Waals surface area contributed by atoms with E-state index in [2.05, 4.69) is 15.2 Å². The molecular weight excluding hydrogens is 540 g/mol.